The third-order valence-corrected chi connectivity index (χ3v) is 4.05. The molecule has 1 aliphatic heterocycles. The van der Waals surface area contributed by atoms with Crippen LogP contribution in [0.4, 0.5) is 0 Å². The van der Waals surface area contributed by atoms with Crippen LogP contribution in [0.3, 0.4) is 0 Å². The van der Waals surface area contributed by atoms with Crippen molar-refractivity contribution in [1.29, 1.82) is 0 Å². The molecule has 2 fully saturated rings. The highest BCUT2D eigenvalue weighted by atomic mass is 16.3. The summed E-state index contributed by atoms with van der Waals surface area (Å²) in [5.41, 5.74) is 0. The highest BCUT2D eigenvalue weighted by Crippen LogP contribution is 2.28. The lowest BCUT2D eigenvalue weighted by atomic mass is 9.90. The Morgan fingerprint density at radius 2 is 2.22 bits per heavy atom. The second-order valence-electron chi connectivity index (χ2n) is 5.37. The van der Waals surface area contributed by atoms with Gasteiger partial charge in [0.1, 0.15) is 0 Å². The first-order valence-corrected chi connectivity index (χ1v) is 6.78. The average Bonchev–Trinajstić information content (AvgIpc) is 2.61. The van der Waals surface area contributed by atoms with E-state index in [2.05, 4.69) is 0 Å². The van der Waals surface area contributed by atoms with Gasteiger partial charge in [-0.15, -0.1) is 0 Å². The first-order chi connectivity index (χ1) is 8.63. The van der Waals surface area contributed by atoms with Gasteiger partial charge in [-0.1, -0.05) is 0 Å². The van der Waals surface area contributed by atoms with Gasteiger partial charge in [0.2, 0.25) is 11.8 Å². The molecule has 1 unspecified atom stereocenters. The van der Waals surface area contributed by atoms with Crippen LogP contribution in [0.1, 0.15) is 32.1 Å². The van der Waals surface area contributed by atoms with E-state index in [4.69, 9.17) is 5.11 Å². The fourth-order valence-electron chi connectivity index (χ4n) is 2.68. The van der Waals surface area contributed by atoms with Gasteiger partial charge in [-0.25, -0.2) is 0 Å². The van der Waals surface area contributed by atoms with Crippen molar-refractivity contribution < 1.29 is 14.7 Å². The predicted molar refractivity (Wildman–Crippen MR) is 66.8 cm³/mol. The second kappa shape index (κ2) is 5.69. The molecular formula is C13H22N2O3. The Balaban J connectivity index is 1.96. The van der Waals surface area contributed by atoms with Crippen LogP contribution in [-0.2, 0) is 9.59 Å². The number of nitrogens with zero attached hydrogens (tertiary/aromatic N) is 2. The fraction of sp³-hybridized carbons (Fsp3) is 0.846. The molecule has 1 atom stereocenters. The predicted octanol–water partition coefficient (Wildman–Crippen LogP) is 0.228. The Bertz CT molecular complexity index is 328. The lowest BCUT2D eigenvalue weighted by Gasteiger charge is -2.38. The molecule has 5 heteroatoms. The highest BCUT2D eigenvalue weighted by molar-refractivity contribution is 5.89. The summed E-state index contributed by atoms with van der Waals surface area (Å²) in [6.07, 6.45) is 4.27. The molecule has 102 valence electrons. The minimum absolute atomic E-state index is 0.0593. The molecule has 0 aromatic heterocycles. The Morgan fingerprint density at radius 1 is 1.50 bits per heavy atom. The van der Waals surface area contributed by atoms with Crippen molar-refractivity contribution in [1.82, 2.24) is 9.80 Å². The topological polar surface area (TPSA) is 60.9 Å². The van der Waals surface area contributed by atoms with E-state index in [9.17, 15) is 9.59 Å². The zero-order valence-corrected chi connectivity index (χ0v) is 11.0. The Labute approximate surface area is 108 Å². The van der Waals surface area contributed by atoms with Crippen LogP contribution >= 0.6 is 0 Å². The standard InChI is InChI=1S/C13H22N2O3/c1-14-9-10(8-12(14)17)13(18)15(6-3-7-16)11-4-2-5-11/h10-11,16H,2-9H2,1H3. The van der Waals surface area contributed by atoms with Crippen LogP contribution in [0, 0.1) is 5.92 Å². The highest BCUT2D eigenvalue weighted by Gasteiger charge is 2.37. The van der Waals surface area contributed by atoms with E-state index in [0.29, 0.717) is 32.0 Å². The molecule has 1 saturated carbocycles. The van der Waals surface area contributed by atoms with Gasteiger partial charge in [-0.05, 0) is 25.7 Å². The lowest BCUT2D eigenvalue weighted by molar-refractivity contribution is -0.140. The second-order valence-corrected chi connectivity index (χ2v) is 5.37. The molecule has 18 heavy (non-hydrogen) atoms. The van der Waals surface area contributed by atoms with Crippen molar-refractivity contribution in [2.45, 2.75) is 38.1 Å². The third kappa shape index (κ3) is 2.66. The van der Waals surface area contributed by atoms with Crippen LogP contribution in [0.25, 0.3) is 0 Å². The summed E-state index contributed by atoms with van der Waals surface area (Å²) < 4.78 is 0. The monoisotopic (exact) mass is 254 g/mol. The van der Waals surface area contributed by atoms with Crippen LogP contribution in [0.5, 0.6) is 0 Å². The van der Waals surface area contributed by atoms with E-state index in [0.717, 1.165) is 12.8 Å². The average molecular weight is 254 g/mol. The maximum atomic E-state index is 12.4. The Hall–Kier alpha value is -1.10. The van der Waals surface area contributed by atoms with E-state index >= 15 is 0 Å². The molecule has 1 heterocycles. The first kappa shape index (κ1) is 13.3. The number of hydrogen-bond acceptors (Lipinski definition) is 3. The molecule has 0 aromatic carbocycles. The van der Waals surface area contributed by atoms with Gasteiger partial charge in [0.15, 0.2) is 0 Å². The Kier molecular flexibility index (Phi) is 4.22. The summed E-state index contributed by atoms with van der Waals surface area (Å²) in [5, 5.41) is 8.92. The quantitative estimate of drug-likeness (QED) is 0.764. The third-order valence-electron chi connectivity index (χ3n) is 4.05. The van der Waals surface area contributed by atoms with Crippen molar-refractivity contribution in [2.75, 3.05) is 26.7 Å². The van der Waals surface area contributed by atoms with E-state index in [-0.39, 0.29) is 24.3 Å². The molecule has 5 nitrogen and oxygen atoms in total. The maximum Gasteiger partial charge on any atom is 0.228 e. The molecule has 0 bridgehead atoms. The molecule has 0 aromatic rings. The van der Waals surface area contributed by atoms with Crippen molar-refractivity contribution in [3.05, 3.63) is 0 Å². The number of aliphatic hydroxyl groups is 1. The minimum atomic E-state index is -0.179. The summed E-state index contributed by atoms with van der Waals surface area (Å²) in [7, 11) is 1.75. The van der Waals surface area contributed by atoms with Crippen LogP contribution in [0.15, 0.2) is 0 Å². The van der Waals surface area contributed by atoms with E-state index < -0.39 is 0 Å². The normalized spacial score (nSPS) is 24.2. The van der Waals surface area contributed by atoms with E-state index in [1.165, 1.54) is 6.42 Å². The van der Waals surface area contributed by atoms with E-state index in [1.807, 2.05) is 4.90 Å². The van der Waals surface area contributed by atoms with Crippen LogP contribution in [0.2, 0.25) is 0 Å². The molecule has 2 amide bonds. The number of aliphatic hydroxyl groups excluding tert-OH is 1. The van der Waals surface area contributed by atoms with Gasteiger partial charge < -0.3 is 14.9 Å². The summed E-state index contributed by atoms with van der Waals surface area (Å²) >= 11 is 0. The Morgan fingerprint density at radius 3 is 2.67 bits per heavy atom. The van der Waals surface area contributed by atoms with Crippen molar-refractivity contribution in [3.63, 3.8) is 0 Å². The zero-order valence-electron chi connectivity index (χ0n) is 11.0. The number of hydrogen-bond donors (Lipinski definition) is 1. The van der Waals surface area contributed by atoms with Crippen molar-refractivity contribution in [2.24, 2.45) is 5.92 Å². The molecule has 0 spiro atoms. The molecule has 0 radical (unpaired) electrons. The summed E-state index contributed by atoms with van der Waals surface area (Å²) in [6.45, 7) is 1.27. The van der Waals surface area contributed by atoms with Gasteiger partial charge in [-0.2, -0.15) is 0 Å². The smallest absolute Gasteiger partial charge is 0.228 e. The molecule has 2 aliphatic rings. The van der Waals surface area contributed by atoms with Crippen molar-refractivity contribution >= 4 is 11.8 Å². The molecular weight excluding hydrogens is 232 g/mol. The number of likely N-dealkylation sites (tertiary alicyclic amines) is 1. The summed E-state index contributed by atoms with van der Waals surface area (Å²) in [4.78, 5) is 27.5. The zero-order chi connectivity index (χ0) is 13.1. The van der Waals surface area contributed by atoms with Gasteiger partial charge in [0, 0.05) is 39.2 Å². The largest absolute Gasteiger partial charge is 0.396 e. The molecule has 1 saturated heterocycles. The number of rotatable bonds is 5. The number of carbonyl (C=O) groups is 2. The number of carbonyl (C=O) groups excluding carboxylic acids is 2. The first-order valence-electron chi connectivity index (χ1n) is 6.78. The van der Waals surface area contributed by atoms with Crippen molar-refractivity contribution in [3.8, 4) is 0 Å². The molecule has 1 aliphatic carbocycles. The lowest BCUT2D eigenvalue weighted by Crippen LogP contribution is -2.47. The van der Waals surface area contributed by atoms with Gasteiger partial charge in [0.05, 0.1) is 5.92 Å². The van der Waals surface area contributed by atoms with Gasteiger partial charge in [-0.3, -0.25) is 9.59 Å². The molecule has 2 rings (SSSR count). The van der Waals surface area contributed by atoms with Gasteiger partial charge in [0.25, 0.3) is 0 Å². The van der Waals surface area contributed by atoms with Crippen LogP contribution < -0.4 is 0 Å². The fourth-order valence-corrected chi connectivity index (χ4v) is 2.68. The summed E-state index contributed by atoms with van der Waals surface area (Å²) in [6, 6.07) is 0.338. The van der Waals surface area contributed by atoms with Crippen LogP contribution in [-0.4, -0.2) is 59.5 Å². The minimum Gasteiger partial charge on any atom is -0.396 e. The van der Waals surface area contributed by atoms with Gasteiger partial charge >= 0.3 is 0 Å². The number of amides is 2. The maximum absolute atomic E-state index is 12.4. The molecule has 1 N–H and O–H groups in total. The SMILES string of the molecule is CN1CC(C(=O)N(CCCO)C2CCC2)CC1=O. The summed E-state index contributed by atoms with van der Waals surface area (Å²) in [5.74, 6) is -0.0169. The van der Waals surface area contributed by atoms with E-state index in [1.54, 1.807) is 11.9 Å².